The highest BCUT2D eigenvalue weighted by Gasteiger charge is 2.22. The number of rotatable bonds is 7. The van der Waals surface area contributed by atoms with E-state index in [2.05, 4.69) is 22.6 Å². The molecule has 6 nitrogen and oxygen atoms in total. The fraction of sp³-hybridized carbons (Fsp3) is 0.389. The first-order chi connectivity index (χ1) is 11.5. The van der Waals surface area contributed by atoms with E-state index < -0.39 is 12.1 Å². The third-order valence-electron chi connectivity index (χ3n) is 3.58. The molecule has 1 amide bonds. The van der Waals surface area contributed by atoms with E-state index >= 15 is 0 Å². The number of benzene rings is 1. The van der Waals surface area contributed by atoms with Crippen LogP contribution in [0.1, 0.15) is 42.1 Å². The minimum Gasteiger partial charge on any atom is -0.447 e. The maximum Gasteiger partial charge on any atom is 0.377 e. The number of carbonyl (C=O) groups excluding carboxylic acids is 2. The maximum atomic E-state index is 12.1. The number of amides is 1. The Morgan fingerprint density at radius 2 is 1.96 bits per heavy atom. The summed E-state index contributed by atoms with van der Waals surface area (Å²) in [4.78, 5) is 23.9. The summed E-state index contributed by atoms with van der Waals surface area (Å²) in [5, 5.41) is 6.46. The van der Waals surface area contributed by atoms with E-state index in [0.29, 0.717) is 5.69 Å². The van der Waals surface area contributed by atoms with Gasteiger partial charge in [-0.2, -0.15) is 0 Å². The fourth-order valence-electron chi connectivity index (χ4n) is 2.19. The van der Waals surface area contributed by atoms with Crippen molar-refractivity contribution in [2.75, 3.05) is 0 Å². The SMILES string of the molecule is Cc1cc(C(=O)O[C@@H](C)C(=O)N[C@@H](C)CCc2ccccc2)on1. The molecule has 1 aromatic heterocycles. The smallest absolute Gasteiger partial charge is 0.377 e. The first-order valence-corrected chi connectivity index (χ1v) is 7.94. The lowest BCUT2D eigenvalue weighted by Crippen LogP contribution is -2.41. The molecule has 0 fully saturated rings. The van der Waals surface area contributed by atoms with Gasteiger partial charge in [-0.25, -0.2) is 4.79 Å². The molecule has 2 aromatic rings. The van der Waals surface area contributed by atoms with E-state index in [9.17, 15) is 9.59 Å². The lowest BCUT2D eigenvalue weighted by Gasteiger charge is -2.17. The van der Waals surface area contributed by atoms with E-state index in [1.807, 2.05) is 25.1 Å². The molecule has 24 heavy (non-hydrogen) atoms. The van der Waals surface area contributed by atoms with Crippen LogP contribution in [0.3, 0.4) is 0 Å². The number of aryl methyl sites for hydroxylation is 2. The van der Waals surface area contributed by atoms with Gasteiger partial charge in [-0.05, 0) is 39.2 Å². The quantitative estimate of drug-likeness (QED) is 0.789. The third-order valence-corrected chi connectivity index (χ3v) is 3.58. The first kappa shape index (κ1) is 17.7. The van der Waals surface area contributed by atoms with Crippen molar-refractivity contribution in [3.05, 3.63) is 53.4 Å². The normalized spacial score (nSPS) is 13.1. The van der Waals surface area contributed by atoms with Crippen molar-refractivity contribution in [3.63, 3.8) is 0 Å². The number of carbonyl (C=O) groups is 2. The van der Waals surface area contributed by atoms with Crippen LogP contribution in [-0.2, 0) is 16.0 Å². The molecule has 1 heterocycles. The molecule has 0 aliphatic heterocycles. The van der Waals surface area contributed by atoms with Gasteiger partial charge in [0.05, 0.1) is 5.69 Å². The summed E-state index contributed by atoms with van der Waals surface area (Å²) in [5.74, 6) is -1.04. The van der Waals surface area contributed by atoms with Crippen molar-refractivity contribution in [3.8, 4) is 0 Å². The molecule has 0 spiro atoms. The number of aromatic nitrogens is 1. The molecule has 0 bridgehead atoms. The van der Waals surface area contributed by atoms with Gasteiger partial charge in [0.15, 0.2) is 6.10 Å². The van der Waals surface area contributed by atoms with Crippen LogP contribution in [0.4, 0.5) is 0 Å². The van der Waals surface area contributed by atoms with E-state index in [1.54, 1.807) is 6.92 Å². The van der Waals surface area contributed by atoms with Gasteiger partial charge < -0.3 is 14.6 Å². The zero-order valence-electron chi connectivity index (χ0n) is 14.1. The van der Waals surface area contributed by atoms with Gasteiger partial charge >= 0.3 is 5.97 Å². The van der Waals surface area contributed by atoms with E-state index in [1.165, 1.54) is 18.6 Å². The highest BCUT2D eigenvalue weighted by Crippen LogP contribution is 2.08. The number of nitrogens with zero attached hydrogens (tertiary/aromatic N) is 1. The Morgan fingerprint density at radius 3 is 2.58 bits per heavy atom. The summed E-state index contributed by atoms with van der Waals surface area (Å²) in [6.45, 7) is 5.15. The molecule has 0 saturated heterocycles. The summed E-state index contributed by atoms with van der Waals surface area (Å²) in [6.07, 6.45) is 0.771. The van der Waals surface area contributed by atoms with E-state index in [4.69, 9.17) is 9.26 Å². The van der Waals surface area contributed by atoms with Gasteiger partial charge in [0.25, 0.3) is 5.91 Å². The largest absolute Gasteiger partial charge is 0.447 e. The van der Waals surface area contributed by atoms with Crippen LogP contribution in [0.15, 0.2) is 40.9 Å². The molecule has 0 unspecified atom stereocenters. The van der Waals surface area contributed by atoms with Crippen molar-refractivity contribution < 1.29 is 18.8 Å². The molecule has 6 heteroatoms. The highest BCUT2D eigenvalue weighted by molar-refractivity contribution is 5.90. The van der Waals surface area contributed by atoms with Crippen LogP contribution in [-0.4, -0.2) is 29.2 Å². The first-order valence-electron chi connectivity index (χ1n) is 7.94. The average molecular weight is 330 g/mol. The summed E-state index contributed by atoms with van der Waals surface area (Å²) in [5.41, 5.74) is 1.80. The number of ether oxygens (including phenoxy) is 1. The van der Waals surface area contributed by atoms with Crippen LogP contribution in [0.5, 0.6) is 0 Å². The van der Waals surface area contributed by atoms with Crippen molar-refractivity contribution in [2.45, 2.75) is 45.8 Å². The minimum atomic E-state index is -0.901. The molecule has 2 atom stereocenters. The van der Waals surface area contributed by atoms with Gasteiger partial charge in [-0.3, -0.25) is 4.79 Å². The second-order valence-electron chi connectivity index (χ2n) is 5.81. The fourth-order valence-corrected chi connectivity index (χ4v) is 2.19. The molecular formula is C18H22N2O4. The van der Waals surface area contributed by atoms with E-state index in [-0.39, 0.29) is 17.7 Å². The van der Waals surface area contributed by atoms with Crippen molar-refractivity contribution in [1.82, 2.24) is 10.5 Å². The minimum absolute atomic E-state index is 0.00993. The standard InChI is InChI=1S/C18H22N2O4/c1-12(9-10-15-7-5-4-6-8-15)19-17(21)14(3)23-18(22)16-11-13(2)20-24-16/h4-8,11-12,14H,9-10H2,1-3H3,(H,19,21)/t12-,14-/m0/s1. The Bertz CT molecular complexity index is 681. The molecule has 128 valence electrons. The topological polar surface area (TPSA) is 81.4 Å². The Kier molecular flexibility index (Phi) is 6.12. The summed E-state index contributed by atoms with van der Waals surface area (Å²) in [7, 11) is 0. The Balaban J connectivity index is 1.77. The van der Waals surface area contributed by atoms with E-state index in [0.717, 1.165) is 12.8 Å². The molecular weight excluding hydrogens is 308 g/mol. The maximum absolute atomic E-state index is 12.1. The van der Waals surface area contributed by atoms with Crippen molar-refractivity contribution >= 4 is 11.9 Å². The summed E-state index contributed by atoms with van der Waals surface area (Å²) < 4.78 is 9.91. The summed E-state index contributed by atoms with van der Waals surface area (Å²) >= 11 is 0. The number of esters is 1. The Hall–Kier alpha value is -2.63. The molecule has 0 aliphatic carbocycles. The molecule has 1 aromatic carbocycles. The Labute approximate surface area is 141 Å². The lowest BCUT2D eigenvalue weighted by molar-refractivity contribution is -0.129. The molecule has 2 rings (SSSR count). The van der Waals surface area contributed by atoms with Crippen molar-refractivity contribution in [1.29, 1.82) is 0 Å². The third kappa shape index (κ3) is 5.22. The zero-order chi connectivity index (χ0) is 17.5. The van der Waals surface area contributed by atoms with Gasteiger partial charge in [-0.1, -0.05) is 35.5 Å². The van der Waals surface area contributed by atoms with Crippen LogP contribution in [0.2, 0.25) is 0 Å². The van der Waals surface area contributed by atoms with Gasteiger partial charge in [-0.15, -0.1) is 0 Å². The molecule has 1 N–H and O–H groups in total. The monoisotopic (exact) mass is 330 g/mol. The summed E-state index contributed by atoms with van der Waals surface area (Å²) in [6, 6.07) is 11.5. The average Bonchev–Trinajstić information content (AvgIpc) is 3.00. The van der Waals surface area contributed by atoms with Crippen LogP contribution in [0, 0.1) is 6.92 Å². The van der Waals surface area contributed by atoms with Gasteiger partial charge in [0.1, 0.15) is 0 Å². The van der Waals surface area contributed by atoms with Crippen LogP contribution < -0.4 is 5.32 Å². The Morgan fingerprint density at radius 1 is 1.25 bits per heavy atom. The van der Waals surface area contributed by atoms with Gasteiger partial charge in [0, 0.05) is 12.1 Å². The zero-order valence-corrected chi connectivity index (χ0v) is 14.1. The predicted molar refractivity (Wildman–Crippen MR) is 88.5 cm³/mol. The van der Waals surface area contributed by atoms with Gasteiger partial charge in [0.2, 0.25) is 5.76 Å². The number of nitrogens with one attached hydrogen (secondary N) is 1. The molecule has 0 aliphatic rings. The number of hydrogen-bond donors (Lipinski definition) is 1. The highest BCUT2D eigenvalue weighted by atomic mass is 16.6. The van der Waals surface area contributed by atoms with Crippen LogP contribution in [0.25, 0.3) is 0 Å². The lowest BCUT2D eigenvalue weighted by atomic mass is 10.1. The second kappa shape index (κ2) is 8.29. The molecule has 0 radical (unpaired) electrons. The molecule has 0 saturated carbocycles. The second-order valence-corrected chi connectivity index (χ2v) is 5.81. The van der Waals surface area contributed by atoms with Crippen molar-refractivity contribution in [2.24, 2.45) is 0 Å². The predicted octanol–water partition coefficient (Wildman–Crippen LogP) is 2.67. The number of hydrogen-bond acceptors (Lipinski definition) is 5. The van der Waals surface area contributed by atoms with Crippen LogP contribution >= 0.6 is 0 Å².